The summed E-state index contributed by atoms with van der Waals surface area (Å²) < 4.78 is 69.0. The summed E-state index contributed by atoms with van der Waals surface area (Å²) in [5, 5.41) is 2.11. The second-order valence-electron chi connectivity index (χ2n) is 9.33. The van der Waals surface area contributed by atoms with Crippen molar-refractivity contribution in [3.8, 4) is 0 Å². The zero-order valence-corrected chi connectivity index (χ0v) is 23.6. The number of nitrogens with one attached hydrogen (secondary N) is 1. The first kappa shape index (κ1) is 31.0. The lowest BCUT2D eigenvalue weighted by atomic mass is 10.1. The van der Waals surface area contributed by atoms with E-state index in [1.807, 2.05) is 0 Å². The molecule has 0 aliphatic heterocycles. The van der Waals surface area contributed by atoms with Crippen LogP contribution in [-0.2, 0) is 32.3 Å². The summed E-state index contributed by atoms with van der Waals surface area (Å²) in [4.78, 5) is 27.6. The van der Waals surface area contributed by atoms with Crippen LogP contribution in [0.2, 0.25) is 5.02 Å². The van der Waals surface area contributed by atoms with Gasteiger partial charge in [0.1, 0.15) is 12.6 Å². The number of hydrogen-bond donors (Lipinski definition) is 1. The van der Waals surface area contributed by atoms with Crippen molar-refractivity contribution in [1.82, 2.24) is 10.2 Å². The highest BCUT2D eigenvalue weighted by molar-refractivity contribution is 7.92. The van der Waals surface area contributed by atoms with Gasteiger partial charge in [0.15, 0.2) is 0 Å². The minimum atomic E-state index is -4.87. The zero-order chi connectivity index (χ0) is 29.7. The third kappa shape index (κ3) is 7.54. The van der Waals surface area contributed by atoms with Crippen LogP contribution in [0.5, 0.6) is 0 Å². The fourth-order valence-electron chi connectivity index (χ4n) is 3.90. The molecule has 0 heterocycles. The lowest BCUT2D eigenvalue weighted by molar-refractivity contribution is -0.139. The number of anilines is 1. The summed E-state index contributed by atoms with van der Waals surface area (Å²) in [6.45, 7) is 4.09. The average Bonchev–Trinajstić information content (AvgIpc) is 2.90. The number of rotatable bonds is 10. The van der Waals surface area contributed by atoms with Gasteiger partial charge in [0.25, 0.3) is 10.0 Å². The number of halogens is 4. The summed E-state index contributed by atoms with van der Waals surface area (Å²) in [5.74, 6) is -1.26. The van der Waals surface area contributed by atoms with E-state index in [9.17, 15) is 31.2 Å². The summed E-state index contributed by atoms with van der Waals surface area (Å²) in [7, 11) is -4.52. The van der Waals surface area contributed by atoms with Gasteiger partial charge < -0.3 is 10.2 Å². The quantitative estimate of drug-likeness (QED) is 0.336. The Bertz CT molecular complexity index is 1440. The number of hydrogen-bond acceptors (Lipinski definition) is 4. The number of alkyl halides is 3. The third-order valence-electron chi connectivity index (χ3n) is 5.95. The van der Waals surface area contributed by atoms with Crippen molar-refractivity contribution in [2.75, 3.05) is 10.8 Å². The predicted molar refractivity (Wildman–Crippen MR) is 147 cm³/mol. The topological polar surface area (TPSA) is 86.8 Å². The maximum atomic E-state index is 13.8. The van der Waals surface area contributed by atoms with Crippen LogP contribution < -0.4 is 9.62 Å². The van der Waals surface area contributed by atoms with Crippen molar-refractivity contribution >= 4 is 39.1 Å². The fourth-order valence-corrected chi connectivity index (χ4v) is 5.55. The highest BCUT2D eigenvalue weighted by atomic mass is 35.5. The highest BCUT2D eigenvalue weighted by Crippen LogP contribution is 2.38. The molecule has 3 aromatic rings. The van der Waals surface area contributed by atoms with E-state index in [-0.39, 0.29) is 17.5 Å². The van der Waals surface area contributed by atoms with Gasteiger partial charge in [-0.05, 0) is 56.7 Å². The van der Waals surface area contributed by atoms with Crippen molar-refractivity contribution in [2.24, 2.45) is 0 Å². The van der Waals surface area contributed by atoms with Gasteiger partial charge in [-0.2, -0.15) is 13.2 Å². The number of carbonyl (C=O) groups is 2. The first-order chi connectivity index (χ1) is 18.7. The van der Waals surface area contributed by atoms with Crippen molar-refractivity contribution in [2.45, 2.75) is 50.5 Å². The minimum Gasteiger partial charge on any atom is -0.352 e. The predicted octanol–water partition coefficient (Wildman–Crippen LogP) is 5.50. The van der Waals surface area contributed by atoms with Gasteiger partial charge in [-0.1, -0.05) is 60.1 Å². The smallest absolute Gasteiger partial charge is 0.352 e. The van der Waals surface area contributed by atoms with Crippen molar-refractivity contribution in [3.05, 3.63) is 95.0 Å². The van der Waals surface area contributed by atoms with E-state index in [1.165, 1.54) is 36.1 Å². The van der Waals surface area contributed by atoms with E-state index in [1.54, 1.807) is 50.2 Å². The number of benzene rings is 3. The van der Waals surface area contributed by atoms with Crippen LogP contribution in [0.4, 0.5) is 18.9 Å². The van der Waals surface area contributed by atoms with Gasteiger partial charge >= 0.3 is 6.18 Å². The molecule has 214 valence electrons. The van der Waals surface area contributed by atoms with Crippen LogP contribution in [0, 0.1) is 0 Å². The molecular weight excluding hydrogens is 567 g/mol. The second-order valence-corrected chi connectivity index (χ2v) is 11.6. The molecule has 7 nitrogen and oxygen atoms in total. The molecule has 0 aliphatic carbocycles. The maximum Gasteiger partial charge on any atom is 0.417 e. The van der Waals surface area contributed by atoms with Crippen LogP contribution in [0.3, 0.4) is 0 Å². The maximum absolute atomic E-state index is 13.8. The van der Waals surface area contributed by atoms with E-state index < -0.39 is 56.9 Å². The van der Waals surface area contributed by atoms with Crippen LogP contribution in [0.25, 0.3) is 0 Å². The Labute approximate surface area is 236 Å². The molecule has 0 saturated heterocycles. The molecule has 0 unspecified atom stereocenters. The standard InChI is InChI=1S/C28H29ClF3N3O4S/c1-19(2)33-27(37)20(3)34(17-21-10-6-4-7-11-21)26(36)18-35(40(38,39)23-12-8-5-9-13-23)22-14-15-25(29)24(16-22)28(30,31)32/h4-16,19-20H,17-18H2,1-3H3,(H,33,37)/t20-/m0/s1. The lowest BCUT2D eigenvalue weighted by Gasteiger charge is -2.32. The molecule has 0 bridgehead atoms. The number of amides is 2. The van der Waals surface area contributed by atoms with Crippen LogP contribution in [0.1, 0.15) is 31.9 Å². The van der Waals surface area contributed by atoms with Gasteiger partial charge in [-0.25, -0.2) is 8.42 Å². The average molecular weight is 596 g/mol. The fraction of sp³-hybridized carbons (Fsp3) is 0.286. The summed E-state index contributed by atoms with van der Waals surface area (Å²) in [6.07, 6.45) is -4.87. The van der Waals surface area contributed by atoms with E-state index >= 15 is 0 Å². The van der Waals surface area contributed by atoms with Gasteiger partial charge in [-0.15, -0.1) is 0 Å². The summed E-state index contributed by atoms with van der Waals surface area (Å²) in [6, 6.07) is 17.1. The molecular formula is C28H29ClF3N3O4S. The van der Waals surface area contributed by atoms with Gasteiger partial charge in [-0.3, -0.25) is 13.9 Å². The molecule has 3 aromatic carbocycles. The summed E-state index contributed by atoms with van der Waals surface area (Å²) >= 11 is 5.77. The van der Waals surface area contributed by atoms with Crippen LogP contribution in [-0.4, -0.2) is 43.8 Å². The molecule has 0 spiro atoms. The number of nitrogens with zero attached hydrogens (tertiary/aromatic N) is 2. The minimum absolute atomic E-state index is 0.0417. The molecule has 0 radical (unpaired) electrons. The molecule has 0 aliphatic rings. The van der Waals surface area contributed by atoms with E-state index in [0.717, 1.165) is 12.1 Å². The van der Waals surface area contributed by atoms with E-state index in [4.69, 9.17) is 11.6 Å². The Morgan fingerprint density at radius 1 is 0.925 bits per heavy atom. The molecule has 2 amide bonds. The molecule has 3 rings (SSSR count). The van der Waals surface area contributed by atoms with E-state index in [0.29, 0.717) is 15.9 Å². The molecule has 1 atom stereocenters. The largest absolute Gasteiger partial charge is 0.417 e. The van der Waals surface area contributed by atoms with Crippen LogP contribution >= 0.6 is 11.6 Å². The molecule has 0 saturated carbocycles. The Morgan fingerprint density at radius 2 is 1.50 bits per heavy atom. The van der Waals surface area contributed by atoms with Crippen LogP contribution in [0.15, 0.2) is 83.8 Å². The van der Waals surface area contributed by atoms with Gasteiger partial charge in [0, 0.05) is 12.6 Å². The highest BCUT2D eigenvalue weighted by Gasteiger charge is 2.37. The summed E-state index contributed by atoms with van der Waals surface area (Å²) in [5.41, 5.74) is -0.991. The van der Waals surface area contributed by atoms with Crippen molar-refractivity contribution in [3.63, 3.8) is 0 Å². The van der Waals surface area contributed by atoms with E-state index in [2.05, 4.69) is 5.32 Å². The number of carbonyl (C=O) groups excluding carboxylic acids is 2. The monoisotopic (exact) mass is 595 g/mol. The second kappa shape index (κ2) is 12.7. The van der Waals surface area contributed by atoms with Crippen molar-refractivity contribution < 1.29 is 31.2 Å². The Morgan fingerprint density at radius 3 is 2.05 bits per heavy atom. The molecule has 40 heavy (non-hydrogen) atoms. The Balaban J connectivity index is 2.10. The zero-order valence-electron chi connectivity index (χ0n) is 22.0. The van der Waals surface area contributed by atoms with Gasteiger partial charge in [0.2, 0.25) is 11.8 Å². The molecule has 0 aromatic heterocycles. The first-order valence-corrected chi connectivity index (χ1v) is 14.1. The third-order valence-corrected chi connectivity index (χ3v) is 8.07. The normalized spacial score (nSPS) is 12.6. The van der Waals surface area contributed by atoms with Gasteiger partial charge in [0.05, 0.1) is 21.2 Å². The Kier molecular flexibility index (Phi) is 9.86. The Hall–Kier alpha value is -3.57. The van der Waals surface area contributed by atoms with Crippen molar-refractivity contribution in [1.29, 1.82) is 0 Å². The number of sulfonamides is 1. The lowest BCUT2D eigenvalue weighted by Crippen LogP contribution is -2.52. The SMILES string of the molecule is CC(C)NC(=O)[C@H](C)N(Cc1ccccc1)C(=O)CN(c1ccc(Cl)c(C(F)(F)F)c1)S(=O)(=O)c1ccccc1. The molecule has 0 fully saturated rings. The molecule has 1 N–H and O–H groups in total. The molecule has 12 heteroatoms. The first-order valence-electron chi connectivity index (χ1n) is 12.3.